The molecule has 1 unspecified atom stereocenters. The molecule has 164 valence electrons. The normalized spacial score (nSPS) is 27.4. The zero-order valence-electron chi connectivity index (χ0n) is 18.5. The lowest BCUT2D eigenvalue weighted by Crippen LogP contribution is -2.26. The van der Waals surface area contributed by atoms with Gasteiger partial charge in [0.1, 0.15) is 23.3 Å². The number of hydrogen-bond donors (Lipinski definition) is 0. The van der Waals surface area contributed by atoms with Gasteiger partial charge in [-0.25, -0.2) is 8.78 Å². The fourth-order valence-corrected chi connectivity index (χ4v) is 6.17. The number of nitriles is 1. The van der Waals surface area contributed by atoms with E-state index in [1.54, 1.807) is 6.07 Å². The lowest BCUT2D eigenvalue weighted by atomic mass is 9.67. The maximum absolute atomic E-state index is 14.0. The topological polar surface area (TPSA) is 23.8 Å². The molecule has 2 fully saturated rings. The molecule has 1 atom stereocenters. The summed E-state index contributed by atoms with van der Waals surface area (Å²) in [6.45, 7) is 2.36. The second-order valence-electron chi connectivity index (χ2n) is 9.91. The van der Waals surface area contributed by atoms with E-state index >= 15 is 0 Å². The molecule has 0 radical (unpaired) electrons. The number of nitrogens with zero attached hydrogens (tertiary/aromatic N) is 1. The van der Waals surface area contributed by atoms with Crippen molar-refractivity contribution in [2.24, 2.45) is 17.8 Å². The van der Waals surface area contributed by atoms with Gasteiger partial charge < -0.3 is 0 Å². The van der Waals surface area contributed by atoms with Gasteiger partial charge in [-0.3, -0.25) is 0 Å². The van der Waals surface area contributed by atoms with Crippen molar-refractivity contribution in [1.29, 1.82) is 5.26 Å². The average molecular weight is 422 g/mol. The maximum atomic E-state index is 14.0. The first-order valence-corrected chi connectivity index (χ1v) is 12.0. The predicted octanol–water partition coefficient (Wildman–Crippen LogP) is 8.11. The van der Waals surface area contributed by atoms with Gasteiger partial charge in [-0.1, -0.05) is 50.1 Å². The third-order valence-electron chi connectivity index (χ3n) is 8.03. The van der Waals surface area contributed by atoms with Gasteiger partial charge in [-0.15, -0.1) is 0 Å². The molecule has 0 N–H and O–H groups in total. The molecule has 2 aromatic carbocycles. The molecule has 0 aliphatic heterocycles. The van der Waals surface area contributed by atoms with Crippen molar-refractivity contribution in [3.05, 3.63) is 70.8 Å². The highest BCUT2D eigenvalue weighted by Crippen LogP contribution is 2.45. The van der Waals surface area contributed by atoms with Gasteiger partial charge >= 0.3 is 0 Å². The van der Waals surface area contributed by atoms with Gasteiger partial charge in [0, 0.05) is 0 Å². The highest BCUT2D eigenvalue weighted by atomic mass is 19.1. The second-order valence-corrected chi connectivity index (χ2v) is 9.91. The van der Waals surface area contributed by atoms with Gasteiger partial charge in [0.05, 0.1) is 0 Å². The Labute approximate surface area is 185 Å². The van der Waals surface area contributed by atoms with Gasteiger partial charge in [0.2, 0.25) is 0 Å². The van der Waals surface area contributed by atoms with Crippen molar-refractivity contribution in [3.63, 3.8) is 0 Å². The summed E-state index contributed by atoms with van der Waals surface area (Å²) in [6.07, 6.45) is 11.0. The van der Waals surface area contributed by atoms with Gasteiger partial charge in [0.15, 0.2) is 0 Å². The molecule has 2 saturated carbocycles. The highest BCUT2D eigenvalue weighted by Gasteiger charge is 2.32. The fourth-order valence-electron chi connectivity index (χ4n) is 6.17. The van der Waals surface area contributed by atoms with Crippen molar-refractivity contribution in [2.45, 2.75) is 76.5 Å². The number of halogens is 2. The molecule has 0 saturated heterocycles. The van der Waals surface area contributed by atoms with Crippen LogP contribution in [0.25, 0.3) is 0 Å². The van der Waals surface area contributed by atoms with E-state index in [2.05, 4.69) is 37.3 Å². The first kappa shape index (κ1) is 22.0. The number of rotatable bonds is 5. The summed E-state index contributed by atoms with van der Waals surface area (Å²) >= 11 is 0. The van der Waals surface area contributed by atoms with E-state index in [9.17, 15) is 8.78 Å². The Morgan fingerprint density at radius 1 is 0.871 bits per heavy atom. The first-order chi connectivity index (χ1) is 15.0. The summed E-state index contributed by atoms with van der Waals surface area (Å²) in [5.74, 6) is 1.83. The molecule has 3 heteroatoms. The quantitative estimate of drug-likeness (QED) is 0.478. The van der Waals surface area contributed by atoms with Crippen LogP contribution in [0.5, 0.6) is 0 Å². The van der Waals surface area contributed by atoms with Crippen LogP contribution in [0.4, 0.5) is 8.78 Å². The van der Waals surface area contributed by atoms with Crippen LogP contribution < -0.4 is 0 Å². The summed E-state index contributed by atoms with van der Waals surface area (Å²) in [4.78, 5) is 0. The van der Waals surface area contributed by atoms with E-state index in [0.29, 0.717) is 5.92 Å². The van der Waals surface area contributed by atoms with E-state index in [0.717, 1.165) is 49.0 Å². The summed E-state index contributed by atoms with van der Waals surface area (Å²) < 4.78 is 28.0. The summed E-state index contributed by atoms with van der Waals surface area (Å²) in [7, 11) is 0. The SMILES string of the molecule is CC(CC1CCC(C2CCC(c3cc(F)c(C#N)c(F)c3)CC2)CC1)c1ccccc1. The molecule has 1 nitrogen and oxygen atoms in total. The smallest absolute Gasteiger partial charge is 0.144 e. The predicted molar refractivity (Wildman–Crippen MR) is 121 cm³/mol. The Hall–Kier alpha value is -2.21. The summed E-state index contributed by atoms with van der Waals surface area (Å²) in [5.41, 5.74) is 1.72. The standard InChI is InChI=1S/C28H33F2N/c1-19(21-5-3-2-4-6-21)15-20-7-9-22(10-8-20)23-11-13-24(14-12-23)25-16-27(29)26(18-31)28(30)17-25/h2-6,16-17,19-20,22-24H,7-15H2,1H3. The van der Waals surface area contributed by atoms with E-state index in [-0.39, 0.29) is 5.92 Å². The van der Waals surface area contributed by atoms with Crippen molar-refractivity contribution >= 4 is 0 Å². The van der Waals surface area contributed by atoms with Crippen LogP contribution in [0.15, 0.2) is 42.5 Å². The van der Waals surface area contributed by atoms with E-state index in [1.807, 2.05) is 0 Å². The van der Waals surface area contributed by atoms with Crippen LogP contribution in [0.2, 0.25) is 0 Å². The average Bonchev–Trinajstić information content (AvgIpc) is 2.80. The minimum Gasteiger partial charge on any atom is -0.205 e. The van der Waals surface area contributed by atoms with Crippen molar-refractivity contribution in [1.82, 2.24) is 0 Å². The van der Waals surface area contributed by atoms with Crippen molar-refractivity contribution < 1.29 is 8.78 Å². The van der Waals surface area contributed by atoms with Crippen LogP contribution in [0.1, 0.15) is 93.2 Å². The molecule has 0 heterocycles. The van der Waals surface area contributed by atoms with Gasteiger partial charge in [-0.05, 0) is 97.8 Å². The molecule has 4 rings (SSSR count). The monoisotopic (exact) mass is 421 g/mol. The molecule has 2 aromatic rings. The number of benzene rings is 2. The number of hydrogen-bond acceptors (Lipinski definition) is 1. The zero-order valence-corrected chi connectivity index (χ0v) is 18.5. The van der Waals surface area contributed by atoms with E-state index < -0.39 is 17.2 Å². The van der Waals surface area contributed by atoms with E-state index in [4.69, 9.17) is 5.26 Å². The lowest BCUT2D eigenvalue weighted by Gasteiger charge is -2.38. The fraction of sp³-hybridized carbons (Fsp3) is 0.536. The Morgan fingerprint density at radius 3 is 1.97 bits per heavy atom. The molecule has 31 heavy (non-hydrogen) atoms. The van der Waals surface area contributed by atoms with E-state index in [1.165, 1.54) is 49.8 Å². The highest BCUT2D eigenvalue weighted by molar-refractivity contribution is 5.36. The zero-order chi connectivity index (χ0) is 21.8. The Kier molecular flexibility index (Phi) is 7.06. The third-order valence-corrected chi connectivity index (χ3v) is 8.03. The molecular formula is C28H33F2N. The van der Waals surface area contributed by atoms with Crippen molar-refractivity contribution in [2.75, 3.05) is 0 Å². The van der Waals surface area contributed by atoms with Crippen molar-refractivity contribution in [3.8, 4) is 6.07 Å². The van der Waals surface area contributed by atoms with Gasteiger partial charge in [-0.2, -0.15) is 5.26 Å². The lowest BCUT2D eigenvalue weighted by molar-refractivity contribution is 0.154. The largest absolute Gasteiger partial charge is 0.205 e. The maximum Gasteiger partial charge on any atom is 0.144 e. The molecule has 2 aliphatic carbocycles. The Bertz CT molecular complexity index is 877. The van der Waals surface area contributed by atoms with Crippen LogP contribution in [-0.4, -0.2) is 0 Å². The summed E-state index contributed by atoms with van der Waals surface area (Å²) in [6, 6.07) is 15.2. The van der Waals surface area contributed by atoms with Crippen LogP contribution >= 0.6 is 0 Å². The van der Waals surface area contributed by atoms with Gasteiger partial charge in [0.25, 0.3) is 0 Å². The molecular weight excluding hydrogens is 388 g/mol. The third kappa shape index (κ3) is 5.17. The Balaban J connectivity index is 1.26. The first-order valence-electron chi connectivity index (χ1n) is 12.0. The minimum absolute atomic E-state index is 0.219. The molecule has 0 aromatic heterocycles. The molecule has 0 amide bonds. The molecule has 0 bridgehead atoms. The molecule has 2 aliphatic rings. The summed E-state index contributed by atoms with van der Waals surface area (Å²) in [5, 5.41) is 8.87. The van der Waals surface area contributed by atoms with Crippen LogP contribution in [0, 0.1) is 40.7 Å². The van der Waals surface area contributed by atoms with Crippen LogP contribution in [-0.2, 0) is 0 Å². The minimum atomic E-state index is -0.720. The molecule has 0 spiro atoms. The van der Waals surface area contributed by atoms with Crippen LogP contribution in [0.3, 0.4) is 0 Å². The Morgan fingerprint density at radius 2 is 1.42 bits per heavy atom. The second kappa shape index (κ2) is 9.94.